The van der Waals surface area contributed by atoms with Crippen LogP contribution in [0.2, 0.25) is 0 Å². The maximum absolute atomic E-state index is 13.0. The lowest BCUT2D eigenvalue weighted by molar-refractivity contribution is 0.528. The number of pyridine rings is 1. The van der Waals surface area contributed by atoms with Gasteiger partial charge in [-0.25, -0.2) is 4.39 Å². The topological polar surface area (TPSA) is 28.2 Å². The van der Waals surface area contributed by atoms with Crippen LogP contribution in [0, 0.1) is 5.82 Å². The normalized spacial score (nSPS) is 15.0. The molecule has 0 saturated heterocycles. The van der Waals surface area contributed by atoms with E-state index in [9.17, 15) is 4.39 Å². The summed E-state index contributed by atoms with van der Waals surface area (Å²) < 4.78 is 13.0. The molecule has 1 unspecified atom stereocenters. The van der Waals surface area contributed by atoms with Crippen LogP contribution in [0.1, 0.15) is 23.7 Å². The quantitative estimate of drug-likeness (QED) is 0.915. The van der Waals surface area contributed by atoms with Crippen molar-refractivity contribution < 1.29 is 4.39 Å². The Balaban J connectivity index is 1.65. The molecule has 0 fully saturated rings. The fraction of sp³-hybridized carbons (Fsp3) is 0.353. The molecule has 1 aromatic heterocycles. The van der Waals surface area contributed by atoms with Gasteiger partial charge in [-0.3, -0.25) is 4.98 Å². The second-order valence-corrected chi connectivity index (χ2v) is 5.40. The Kier molecular flexibility index (Phi) is 4.15. The Hall–Kier alpha value is -1.94. The third-order valence-corrected chi connectivity index (χ3v) is 4.13. The maximum Gasteiger partial charge on any atom is 0.141 e. The predicted octanol–water partition coefficient (Wildman–Crippen LogP) is 2.93. The van der Waals surface area contributed by atoms with E-state index in [1.807, 2.05) is 7.05 Å². The zero-order valence-corrected chi connectivity index (χ0v) is 12.2. The summed E-state index contributed by atoms with van der Waals surface area (Å²) in [7, 11) is 1.92. The second-order valence-electron chi connectivity index (χ2n) is 5.40. The molecule has 0 aliphatic carbocycles. The molecule has 4 heteroatoms. The first kappa shape index (κ1) is 14.0. The summed E-state index contributed by atoms with van der Waals surface area (Å²) >= 11 is 0. The molecule has 1 N–H and O–H groups in total. The van der Waals surface area contributed by atoms with Crippen molar-refractivity contribution >= 4 is 5.69 Å². The third kappa shape index (κ3) is 3.05. The summed E-state index contributed by atoms with van der Waals surface area (Å²) in [6, 6.07) is 12.0. The minimum Gasteiger partial charge on any atom is -0.371 e. The molecule has 2 aromatic rings. The number of rotatable bonds is 5. The fourth-order valence-electron chi connectivity index (χ4n) is 2.96. The van der Waals surface area contributed by atoms with Gasteiger partial charge >= 0.3 is 0 Å². The largest absolute Gasteiger partial charge is 0.371 e. The highest BCUT2D eigenvalue weighted by Crippen LogP contribution is 2.28. The van der Waals surface area contributed by atoms with E-state index >= 15 is 0 Å². The van der Waals surface area contributed by atoms with E-state index in [0.717, 1.165) is 31.6 Å². The fourth-order valence-corrected chi connectivity index (χ4v) is 2.96. The predicted molar refractivity (Wildman–Crippen MR) is 83.0 cm³/mol. The van der Waals surface area contributed by atoms with Crippen molar-refractivity contribution in [2.45, 2.75) is 18.9 Å². The highest BCUT2D eigenvalue weighted by atomic mass is 19.1. The Labute approximate surface area is 124 Å². The van der Waals surface area contributed by atoms with Gasteiger partial charge in [-0.1, -0.05) is 18.2 Å². The van der Waals surface area contributed by atoms with Gasteiger partial charge in [0.15, 0.2) is 0 Å². The molecular weight excluding hydrogens is 265 g/mol. The molecule has 2 heterocycles. The van der Waals surface area contributed by atoms with Crippen molar-refractivity contribution in [3.63, 3.8) is 0 Å². The van der Waals surface area contributed by atoms with Gasteiger partial charge in [0.25, 0.3) is 0 Å². The standard InChI is InChI=1S/C17H20FN3/c1-19-15(16-7-6-14(18)12-20-16)9-11-21-10-8-13-4-2-3-5-17(13)21/h2-7,12,15,19H,8-11H2,1H3. The number of fused-ring (bicyclic) bond motifs is 1. The smallest absolute Gasteiger partial charge is 0.141 e. The van der Waals surface area contributed by atoms with Crippen molar-refractivity contribution in [2.75, 3.05) is 25.0 Å². The molecule has 1 aromatic carbocycles. The van der Waals surface area contributed by atoms with Crippen molar-refractivity contribution in [1.29, 1.82) is 0 Å². The van der Waals surface area contributed by atoms with Crippen LogP contribution in [0.5, 0.6) is 0 Å². The number of halogens is 1. The van der Waals surface area contributed by atoms with Gasteiger partial charge in [0.05, 0.1) is 17.9 Å². The number of nitrogens with one attached hydrogen (secondary N) is 1. The van der Waals surface area contributed by atoms with Crippen LogP contribution in [-0.2, 0) is 6.42 Å². The van der Waals surface area contributed by atoms with Crippen LogP contribution in [0.15, 0.2) is 42.6 Å². The molecule has 0 spiro atoms. The number of aromatic nitrogens is 1. The molecule has 0 saturated carbocycles. The first-order valence-corrected chi connectivity index (χ1v) is 7.39. The number of hydrogen-bond donors (Lipinski definition) is 1. The Morgan fingerprint density at radius 1 is 1.29 bits per heavy atom. The summed E-state index contributed by atoms with van der Waals surface area (Å²) in [6.45, 7) is 2.05. The van der Waals surface area contributed by atoms with Crippen LogP contribution in [0.3, 0.4) is 0 Å². The highest BCUT2D eigenvalue weighted by Gasteiger charge is 2.19. The van der Waals surface area contributed by atoms with Crippen LogP contribution in [-0.4, -0.2) is 25.1 Å². The van der Waals surface area contributed by atoms with Gasteiger partial charge in [0.2, 0.25) is 0 Å². The second kappa shape index (κ2) is 6.22. The SMILES string of the molecule is CNC(CCN1CCc2ccccc21)c1ccc(F)cn1. The summed E-state index contributed by atoms with van der Waals surface area (Å²) in [6.07, 6.45) is 3.35. The first-order chi connectivity index (χ1) is 10.3. The van der Waals surface area contributed by atoms with Crippen LogP contribution >= 0.6 is 0 Å². The van der Waals surface area contributed by atoms with Gasteiger partial charge in [-0.15, -0.1) is 0 Å². The summed E-state index contributed by atoms with van der Waals surface area (Å²) in [5.41, 5.74) is 3.67. The number of para-hydroxylation sites is 1. The van der Waals surface area contributed by atoms with Gasteiger partial charge in [-0.2, -0.15) is 0 Å². The number of anilines is 1. The maximum atomic E-state index is 13.0. The molecule has 1 aliphatic rings. The summed E-state index contributed by atoms with van der Waals surface area (Å²) in [5.74, 6) is -0.290. The lowest BCUT2D eigenvalue weighted by Gasteiger charge is -2.23. The number of nitrogens with zero attached hydrogens (tertiary/aromatic N) is 2. The molecule has 1 atom stereocenters. The van der Waals surface area contributed by atoms with E-state index in [2.05, 4.69) is 39.5 Å². The molecule has 21 heavy (non-hydrogen) atoms. The van der Waals surface area contributed by atoms with Crippen molar-refractivity contribution in [2.24, 2.45) is 0 Å². The molecular formula is C17H20FN3. The minimum atomic E-state index is -0.290. The average Bonchev–Trinajstić information content (AvgIpc) is 2.93. The van der Waals surface area contributed by atoms with E-state index in [0.29, 0.717) is 0 Å². The molecule has 3 nitrogen and oxygen atoms in total. The zero-order chi connectivity index (χ0) is 14.7. The first-order valence-electron chi connectivity index (χ1n) is 7.39. The Bertz CT molecular complexity index is 597. The van der Waals surface area contributed by atoms with Gasteiger partial charge in [0, 0.05) is 18.8 Å². The molecule has 0 radical (unpaired) electrons. The van der Waals surface area contributed by atoms with Crippen LogP contribution < -0.4 is 10.2 Å². The number of benzene rings is 1. The van der Waals surface area contributed by atoms with Crippen molar-refractivity contribution in [3.8, 4) is 0 Å². The summed E-state index contributed by atoms with van der Waals surface area (Å²) in [5, 5.41) is 3.27. The highest BCUT2D eigenvalue weighted by molar-refractivity contribution is 5.57. The zero-order valence-electron chi connectivity index (χ0n) is 12.2. The third-order valence-electron chi connectivity index (χ3n) is 4.13. The van der Waals surface area contributed by atoms with E-state index in [1.165, 1.54) is 23.5 Å². The van der Waals surface area contributed by atoms with E-state index in [-0.39, 0.29) is 11.9 Å². The van der Waals surface area contributed by atoms with Crippen molar-refractivity contribution in [3.05, 3.63) is 59.7 Å². The molecule has 110 valence electrons. The Morgan fingerprint density at radius 3 is 2.90 bits per heavy atom. The van der Waals surface area contributed by atoms with E-state index in [1.54, 1.807) is 6.07 Å². The van der Waals surface area contributed by atoms with Crippen LogP contribution in [0.25, 0.3) is 0 Å². The van der Waals surface area contributed by atoms with Crippen molar-refractivity contribution in [1.82, 2.24) is 10.3 Å². The average molecular weight is 285 g/mol. The molecule has 0 amide bonds. The molecule has 3 rings (SSSR count). The van der Waals surface area contributed by atoms with E-state index < -0.39 is 0 Å². The Morgan fingerprint density at radius 2 is 2.14 bits per heavy atom. The van der Waals surface area contributed by atoms with Crippen LogP contribution in [0.4, 0.5) is 10.1 Å². The number of hydrogen-bond acceptors (Lipinski definition) is 3. The summed E-state index contributed by atoms with van der Waals surface area (Å²) in [4.78, 5) is 6.60. The lowest BCUT2D eigenvalue weighted by Crippen LogP contribution is -2.27. The monoisotopic (exact) mass is 285 g/mol. The van der Waals surface area contributed by atoms with Gasteiger partial charge in [-0.05, 0) is 43.7 Å². The van der Waals surface area contributed by atoms with Gasteiger partial charge < -0.3 is 10.2 Å². The molecule has 1 aliphatic heterocycles. The lowest BCUT2D eigenvalue weighted by atomic mass is 10.1. The molecule has 0 bridgehead atoms. The van der Waals surface area contributed by atoms with Gasteiger partial charge in [0.1, 0.15) is 5.82 Å². The van der Waals surface area contributed by atoms with E-state index in [4.69, 9.17) is 0 Å². The minimum absolute atomic E-state index is 0.151.